The van der Waals surface area contributed by atoms with Gasteiger partial charge in [0, 0.05) is 11.1 Å². The molecule has 0 saturated heterocycles. The average Bonchev–Trinajstić information content (AvgIpc) is 3.06. The monoisotopic (exact) mass is 300 g/mol. The topological polar surface area (TPSA) is 25.8 Å². The summed E-state index contributed by atoms with van der Waals surface area (Å²) in [5, 5.41) is 2.41. The maximum atomic E-state index is 13.7. The Hall–Kier alpha value is -1.87. The van der Waals surface area contributed by atoms with Crippen LogP contribution in [0.5, 0.6) is 5.75 Å². The van der Waals surface area contributed by atoms with Gasteiger partial charge < -0.3 is 10.1 Å². The van der Waals surface area contributed by atoms with Crippen molar-refractivity contribution in [2.75, 3.05) is 0 Å². The van der Waals surface area contributed by atoms with Crippen molar-refractivity contribution in [3.05, 3.63) is 65.5 Å². The van der Waals surface area contributed by atoms with Crippen LogP contribution in [0, 0.1) is 5.82 Å². The molecule has 0 aromatic heterocycles. The summed E-state index contributed by atoms with van der Waals surface area (Å²) < 4.78 is 19.5. The average molecular weight is 300 g/mol. The zero-order valence-corrected chi connectivity index (χ0v) is 12.8. The minimum absolute atomic E-state index is 0.211. The molecule has 2 aromatic rings. The van der Waals surface area contributed by atoms with Gasteiger partial charge in [-0.05, 0) is 43.9 Å². The number of quaternary nitrogens is 1. The van der Waals surface area contributed by atoms with Gasteiger partial charge in [-0.1, -0.05) is 30.3 Å². The molecule has 1 aliphatic rings. The highest BCUT2D eigenvalue weighted by Gasteiger charge is 2.18. The van der Waals surface area contributed by atoms with Crippen molar-refractivity contribution in [1.82, 2.24) is 0 Å². The number of hydrogen-bond donors (Lipinski definition) is 1. The van der Waals surface area contributed by atoms with Crippen LogP contribution in [-0.4, -0.2) is 6.04 Å². The normalized spacial score (nSPS) is 15.1. The zero-order chi connectivity index (χ0) is 15.2. The third kappa shape index (κ3) is 3.86. The Kier molecular flexibility index (Phi) is 5.07. The van der Waals surface area contributed by atoms with Gasteiger partial charge in [0.25, 0.3) is 0 Å². The lowest BCUT2D eigenvalue weighted by Gasteiger charge is -2.13. The minimum Gasteiger partial charge on any atom is -0.488 e. The number of para-hydroxylation sites is 1. The van der Waals surface area contributed by atoms with E-state index in [1.807, 2.05) is 24.3 Å². The van der Waals surface area contributed by atoms with Crippen LogP contribution >= 0.6 is 0 Å². The highest BCUT2D eigenvalue weighted by atomic mass is 19.1. The molecule has 0 amide bonds. The van der Waals surface area contributed by atoms with Gasteiger partial charge in [-0.25, -0.2) is 4.39 Å². The van der Waals surface area contributed by atoms with Crippen LogP contribution in [0.4, 0.5) is 4.39 Å². The van der Waals surface area contributed by atoms with Crippen LogP contribution in [-0.2, 0) is 13.2 Å². The van der Waals surface area contributed by atoms with Crippen molar-refractivity contribution in [2.24, 2.45) is 0 Å². The lowest BCUT2D eigenvalue weighted by atomic mass is 10.1. The van der Waals surface area contributed by atoms with Crippen LogP contribution in [0.15, 0.2) is 48.5 Å². The fourth-order valence-electron chi connectivity index (χ4n) is 3.07. The first-order valence-electron chi connectivity index (χ1n) is 8.10. The number of benzene rings is 2. The number of rotatable bonds is 6. The molecular formula is C19H23FNO+. The van der Waals surface area contributed by atoms with Crippen LogP contribution in [0.25, 0.3) is 0 Å². The van der Waals surface area contributed by atoms with E-state index >= 15 is 0 Å². The fourth-order valence-corrected chi connectivity index (χ4v) is 3.07. The Balaban J connectivity index is 1.62. The summed E-state index contributed by atoms with van der Waals surface area (Å²) in [4.78, 5) is 0. The lowest BCUT2D eigenvalue weighted by molar-refractivity contribution is -0.703. The van der Waals surface area contributed by atoms with Gasteiger partial charge >= 0.3 is 0 Å². The minimum atomic E-state index is -0.211. The number of hydrogen-bond acceptors (Lipinski definition) is 1. The second-order valence-corrected chi connectivity index (χ2v) is 5.97. The standard InChI is InChI=1S/C19H22FNO/c20-18-11-5-1-8-16(18)14-22-19-12-6-2-7-15(19)13-21-17-9-3-4-10-17/h1-2,5-8,11-12,17,21H,3-4,9-10,13-14H2/p+1. The summed E-state index contributed by atoms with van der Waals surface area (Å²) in [6.07, 6.45) is 5.34. The van der Waals surface area contributed by atoms with Crippen molar-refractivity contribution in [1.29, 1.82) is 0 Å². The number of ether oxygens (including phenoxy) is 1. The first-order chi connectivity index (χ1) is 10.8. The van der Waals surface area contributed by atoms with E-state index in [1.54, 1.807) is 12.1 Å². The molecule has 0 heterocycles. The van der Waals surface area contributed by atoms with Crippen LogP contribution < -0.4 is 10.1 Å². The zero-order valence-electron chi connectivity index (χ0n) is 12.8. The first-order valence-corrected chi connectivity index (χ1v) is 8.10. The molecule has 22 heavy (non-hydrogen) atoms. The molecule has 0 radical (unpaired) electrons. The van der Waals surface area contributed by atoms with Crippen LogP contribution in [0.1, 0.15) is 36.8 Å². The van der Waals surface area contributed by atoms with Crippen molar-refractivity contribution >= 4 is 0 Å². The Morgan fingerprint density at radius 2 is 1.64 bits per heavy atom. The molecular weight excluding hydrogens is 277 g/mol. The highest BCUT2D eigenvalue weighted by molar-refractivity contribution is 5.33. The summed E-state index contributed by atoms with van der Waals surface area (Å²) >= 11 is 0. The molecule has 0 unspecified atom stereocenters. The molecule has 1 fully saturated rings. The molecule has 1 saturated carbocycles. The molecule has 0 spiro atoms. The molecule has 2 nitrogen and oxygen atoms in total. The first kappa shape index (κ1) is 15.0. The third-order valence-electron chi connectivity index (χ3n) is 4.38. The number of halogens is 1. The Morgan fingerprint density at radius 3 is 2.41 bits per heavy atom. The summed E-state index contributed by atoms with van der Waals surface area (Å²) in [6, 6.07) is 15.6. The molecule has 1 aliphatic carbocycles. The fraction of sp³-hybridized carbons (Fsp3) is 0.368. The number of nitrogens with two attached hydrogens (primary N) is 1. The lowest BCUT2D eigenvalue weighted by Crippen LogP contribution is -2.87. The van der Waals surface area contributed by atoms with Crippen LogP contribution in [0.2, 0.25) is 0 Å². The summed E-state index contributed by atoms with van der Waals surface area (Å²) in [5.74, 6) is 0.650. The van der Waals surface area contributed by atoms with Gasteiger partial charge in [0.05, 0.1) is 6.04 Å². The van der Waals surface area contributed by atoms with Gasteiger partial charge in [-0.15, -0.1) is 0 Å². The quantitative estimate of drug-likeness (QED) is 0.869. The van der Waals surface area contributed by atoms with E-state index in [1.165, 1.54) is 37.3 Å². The van der Waals surface area contributed by atoms with E-state index in [-0.39, 0.29) is 12.4 Å². The molecule has 2 N–H and O–H groups in total. The van der Waals surface area contributed by atoms with E-state index < -0.39 is 0 Å². The molecule has 3 rings (SSSR count). The van der Waals surface area contributed by atoms with Gasteiger partial charge in [-0.2, -0.15) is 0 Å². The Bertz CT molecular complexity index is 608. The molecule has 116 valence electrons. The van der Waals surface area contributed by atoms with E-state index in [4.69, 9.17) is 4.74 Å². The van der Waals surface area contributed by atoms with E-state index in [9.17, 15) is 4.39 Å². The van der Waals surface area contributed by atoms with Crippen LogP contribution in [0.3, 0.4) is 0 Å². The predicted molar refractivity (Wildman–Crippen MR) is 85.1 cm³/mol. The van der Waals surface area contributed by atoms with E-state index in [0.717, 1.165) is 18.3 Å². The van der Waals surface area contributed by atoms with E-state index in [2.05, 4.69) is 11.4 Å². The van der Waals surface area contributed by atoms with Crippen molar-refractivity contribution in [2.45, 2.75) is 44.9 Å². The van der Waals surface area contributed by atoms with Gasteiger partial charge in [-0.3, -0.25) is 0 Å². The Morgan fingerprint density at radius 1 is 0.955 bits per heavy atom. The predicted octanol–water partition coefficient (Wildman–Crippen LogP) is 3.41. The highest BCUT2D eigenvalue weighted by Crippen LogP contribution is 2.20. The van der Waals surface area contributed by atoms with Gasteiger partial charge in [0.15, 0.2) is 0 Å². The SMILES string of the molecule is Fc1ccccc1COc1ccccc1C[NH2+]C1CCCC1. The second-order valence-electron chi connectivity index (χ2n) is 5.97. The summed E-state index contributed by atoms with van der Waals surface area (Å²) in [6.45, 7) is 1.20. The maximum absolute atomic E-state index is 13.7. The van der Waals surface area contributed by atoms with Crippen molar-refractivity contribution < 1.29 is 14.4 Å². The Labute approximate surface area is 131 Å². The molecule has 0 aliphatic heterocycles. The van der Waals surface area contributed by atoms with Gasteiger partial charge in [0.1, 0.15) is 24.7 Å². The van der Waals surface area contributed by atoms with Crippen molar-refractivity contribution in [3.63, 3.8) is 0 Å². The largest absolute Gasteiger partial charge is 0.488 e. The smallest absolute Gasteiger partial charge is 0.129 e. The second kappa shape index (κ2) is 7.41. The van der Waals surface area contributed by atoms with Crippen molar-refractivity contribution in [3.8, 4) is 5.75 Å². The van der Waals surface area contributed by atoms with E-state index in [0.29, 0.717) is 5.56 Å². The van der Waals surface area contributed by atoms with Gasteiger partial charge in [0.2, 0.25) is 0 Å². The molecule has 0 atom stereocenters. The molecule has 0 bridgehead atoms. The molecule has 3 heteroatoms. The molecule has 2 aromatic carbocycles. The summed E-state index contributed by atoms with van der Waals surface area (Å²) in [5.41, 5.74) is 1.78. The third-order valence-corrected chi connectivity index (χ3v) is 4.38. The maximum Gasteiger partial charge on any atom is 0.129 e. The summed E-state index contributed by atoms with van der Waals surface area (Å²) in [7, 11) is 0.